The van der Waals surface area contributed by atoms with Crippen LogP contribution in [0.15, 0.2) is 60.7 Å². The second-order valence-electron chi connectivity index (χ2n) is 8.96. The van der Waals surface area contributed by atoms with Gasteiger partial charge in [-0.1, -0.05) is 87.4 Å². The zero-order valence-corrected chi connectivity index (χ0v) is 19.4. The van der Waals surface area contributed by atoms with E-state index < -0.39 is 14.1 Å². The van der Waals surface area contributed by atoms with Gasteiger partial charge in [-0.3, -0.25) is 0 Å². The summed E-state index contributed by atoms with van der Waals surface area (Å²) < 4.78 is 19.2. The van der Waals surface area contributed by atoms with Gasteiger partial charge in [0.05, 0.1) is 6.61 Å². The Hall–Kier alpha value is -1.90. The van der Waals surface area contributed by atoms with Crippen molar-refractivity contribution in [1.82, 2.24) is 0 Å². The molecule has 1 aliphatic heterocycles. The SMILES string of the molecule is CC#C[C@@H]1OC(C)(C)O[C@H]1CO[Si](c1ccccc1)(c1ccccc1)C(C)(C)C. The van der Waals surface area contributed by atoms with Crippen molar-refractivity contribution in [2.75, 3.05) is 6.61 Å². The molecule has 154 valence electrons. The molecule has 3 rings (SSSR count). The van der Waals surface area contributed by atoms with Gasteiger partial charge in [-0.2, -0.15) is 0 Å². The highest BCUT2D eigenvalue weighted by Gasteiger charge is 2.51. The average molecular weight is 409 g/mol. The largest absolute Gasteiger partial charge is 0.405 e. The normalized spacial score (nSPS) is 21.4. The number of benzene rings is 2. The van der Waals surface area contributed by atoms with Crippen LogP contribution in [0, 0.1) is 11.8 Å². The minimum atomic E-state index is -2.60. The van der Waals surface area contributed by atoms with E-state index in [0.29, 0.717) is 6.61 Å². The summed E-state index contributed by atoms with van der Waals surface area (Å²) >= 11 is 0. The van der Waals surface area contributed by atoms with E-state index in [-0.39, 0.29) is 17.2 Å². The van der Waals surface area contributed by atoms with Crippen LogP contribution in [0.2, 0.25) is 5.04 Å². The quantitative estimate of drug-likeness (QED) is 0.551. The number of hydrogen-bond acceptors (Lipinski definition) is 3. The van der Waals surface area contributed by atoms with Crippen molar-refractivity contribution < 1.29 is 13.9 Å². The zero-order chi connectivity index (χ0) is 21.1. The minimum absolute atomic E-state index is 0.0728. The van der Waals surface area contributed by atoms with Crippen molar-refractivity contribution in [3.63, 3.8) is 0 Å². The van der Waals surface area contributed by atoms with Gasteiger partial charge in [0.15, 0.2) is 5.79 Å². The molecule has 4 heteroatoms. The molecule has 0 radical (unpaired) electrons. The molecule has 0 aromatic heterocycles. The number of rotatable bonds is 5. The van der Waals surface area contributed by atoms with Crippen LogP contribution in [-0.4, -0.2) is 32.9 Å². The van der Waals surface area contributed by atoms with E-state index in [1.165, 1.54) is 10.4 Å². The van der Waals surface area contributed by atoms with Crippen LogP contribution in [0.3, 0.4) is 0 Å². The monoisotopic (exact) mass is 408 g/mol. The van der Waals surface area contributed by atoms with E-state index in [1.54, 1.807) is 0 Å². The molecule has 0 amide bonds. The Morgan fingerprint density at radius 2 is 1.45 bits per heavy atom. The second-order valence-corrected chi connectivity index (χ2v) is 13.3. The lowest BCUT2D eigenvalue weighted by molar-refractivity contribution is -0.145. The molecule has 0 saturated carbocycles. The molecule has 2 aromatic rings. The van der Waals surface area contributed by atoms with Gasteiger partial charge in [-0.25, -0.2) is 0 Å². The van der Waals surface area contributed by atoms with Crippen LogP contribution < -0.4 is 10.4 Å². The summed E-state index contributed by atoms with van der Waals surface area (Å²) in [5.74, 6) is 5.45. The van der Waals surface area contributed by atoms with E-state index in [0.717, 1.165) is 0 Å². The van der Waals surface area contributed by atoms with Crippen LogP contribution in [0.25, 0.3) is 0 Å². The highest BCUT2D eigenvalue weighted by Crippen LogP contribution is 2.38. The molecule has 0 bridgehead atoms. The van der Waals surface area contributed by atoms with Gasteiger partial charge in [0.2, 0.25) is 0 Å². The molecule has 1 saturated heterocycles. The van der Waals surface area contributed by atoms with Crippen molar-refractivity contribution in [2.24, 2.45) is 0 Å². The summed E-state index contributed by atoms with van der Waals surface area (Å²) in [6, 6.07) is 21.3. The molecule has 0 spiro atoms. The van der Waals surface area contributed by atoms with Crippen molar-refractivity contribution >= 4 is 18.7 Å². The molecule has 0 unspecified atom stereocenters. The van der Waals surface area contributed by atoms with E-state index in [9.17, 15) is 0 Å². The van der Waals surface area contributed by atoms with Crippen LogP contribution in [0.4, 0.5) is 0 Å². The van der Waals surface area contributed by atoms with Gasteiger partial charge >= 0.3 is 0 Å². The third-order valence-electron chi connectivity index (χ3n) is 5.35. The smallest absolute Gasteiger partial charge is 0.261 e. The summed E-state index contributed by atoms with van der Waals surface area (Å²) in [7, 11) is -2.60. The number of hydrogen-bond donors (Lipinski definition) is 0. The first kappa shape index (κ1) is 21.8. The Balaban J connectivity index is 2.03. The fourth-order valence-electron chi connectivity index (χ4n) is 4.19. The Kier molecular flexibility index (Phi) is 6.35. The van der Waals surface area contributed by atoms with Crippen molar-refractivity contribution in [2.45, 2.75) is 64.6 Å². The maximum absolute atomic E-state index is 6.99. The van der Waals surface area contributed by atoms with Crippen molar-refractivity contribution in [1.29, 1.82) is 0 Å². The predicted molar refractivity (Wildman–Crippen MR) is 121 cm³/mol. The maximum atomic E-state index is 6.99. The molecule has 2 aromatic carbocycles. The fraction of sp³-hybridized carbons (Fsp3) is 0.440. The van der Waals surface area contributed by atoms with Crippen LogP contribution >= 0.6 is 0 Å². The molecular formula is C25H32O3Si. The van der Waals surface area contributed by atoms with Crippen molar-refractivity contribution in [3.05, 3.63) is 60.7 Å². The third kappa shape index (κ3) is 4.49. The minimum Gasteiger partial charge on any atom is -0.405 e. The molecule has 1 fully saturated rings. The van der Waals surface area contributed by atoms with Crippen LogP contribution in [-0.2, 0) is 13.9 Å². The van der Waals surface area contributed by atoms with Gasteiger partial charge in [-0.15, -0.1) is 5.92 Å². The van der Waals surface area contributed by atoms with Crippen LogP contribution in [0.5, 0.6) is 0 Å². The topological polar surface area (TPSA) is 27.7 Å². The molecular weight excluding hydrogens is 376 g/mol. The molecule has 3 nitrogen and oxygen atoms in total. The van der Waals surface area contributed by atoms with Crippen LogP contribution in [0.1, 0.15) is 41.5 Å². The lowest BCUT2D eigenvalue weighted by Crippen LogP contribution is -2.67. The first-order chi connectivity index (χ1) is 13.7. The Morgan fingerprint density at radius 3 is 1.90 bits per heavy atom. The molecule has 0 N–H and O–H groups in total. The third-order valence-corrected chi connectivity index (χ3v) is 10.4. The van der Waals surface area contributed by atoms with Gasteiger partial charge in [0.1, 0.15) is 12.2 Å². The predicted octanol–water partition coefficient (Wildman–Crippen LogP) is 4.11. The zero-order valence-electron chi connectivity index (χ0n) is 18.4. The molecule has 2 atom stereocenters. The Bertz CT molecular complexity index is 820. The van der Waals surface area contributed by atoms with Gasteiger partial charge in [0.25, 0.3) is 8.32 Å². The van der Waals surface area contributed by atoms with Crippen molar-refractivity contribution in [3.8, 4) is 11.8 Å². The first-order valence-electron chi connectivity index (χ1n) is 10.2. The average Bonchev–Trinajstić information content (AvgIpc) is 2.97. The fourth-order valence-corrected chi connectivity index (χ4v) is 8.76. The van der Waals surface area contributed by atoms with E-state index in [1.807, 2.05) is 20.8 Å². The summed E-state index contributed by atoms with van der Waals surface area (Å²) in [6.45, 7) is 13.0. The lowest BCUT2D eigenvalue weighted by atomic mass is 10.2. The summed E-state index contributed by atoms with van der Waals surface area (Å²) in [5, 5.41) is 2.45. The maximum Gasteiger partial charge on any atom is 0.261 e. The Labute approximate surface area is 176 Å². The second kappa shape index (κ2) is 8.45. The van der Waals surface area contributed by atoms with E-state index >= 15 is 0 Å². The Morgan fingerprint density at radius 1 is 0.931 bits per heavy atom. The summed E-state index contributed by atoms with van der Waals surface area (Å²) in [4.78, 5) is 0. The first-order valence-corrected chi connectivity index (χ1v) is 12.1. The molecule has 29 heavy (non-hydrogen) atoms. The van der Waals surface area contributed by atoms with Gasteiger partial charge in [-0.05, 0) is 36.2 Å². The highest BCUT2D eigenvalue weighted by atomic mass is 28.4. The number of ether oxygens (including phenoxy) is 2. The summed E-state index contributed by atoms with van der Waals surface area (Å²) in [5.41, 5.74) is 0. The standard InChI is InChI=1S/C25H32O3Si/c1-7-14-22-23(28-25(5,6)27-22)19-26-29(24(2,3)4,20-15-10-8-11-16-20)21-17-12-9-13-18-21/h8-13,15-18,22-23H,19H2,1-6H3/t22-,23-/m0/s1. The lowest BCUT2D eigenvalue weighted by Gasteiger charge is -2.43. The van der Waals surface area contributed by atoms with Gasteiger partial charge < -0.3 is 13.9 Å². The highest BCUT2D eigenvalue weighted by molar-refractivity contribution is 6.99. The van der Waals surface area contributed by atoms with E-state index in [4.69, 9.17) is 13.9 Å². The van der Waals surface area contributed by atoms with E-state index in [2.05, 4.69) is 93.3 Å². The molecule has 1 heterocycles. The van der Waals surface area contributed by atoms with Gasteiger partial charge in [0, 0.05) is 0 Å². The summed E-state index contributed by atoms with van der Waals surface area (Å²) in [6.07, 6.45) is -0.507. The molecule has 0 aliphatic carbocycles. The molecule has 1 aliphatic rings.